The van der Waals surface area contributed by atoms with E-state index >= 15 is 0 Å². The van der Waals surface area contributed by atoms with Gasteiger partial charge in [0, 0.05) is 33.7 Å². The molecule has 160 valence electrons. The summed E-state index contributed by atoms with van der Waals surface area (Å²) in [4.78, 5) is 46.6. The van der Waals surface area contributed by atoms with Crippen molar-refractivity contribution in [3.8, 4) is 0 Å². The van der Waals surface area contributed by atoms with Crippen LogP contribution in [-0.2, 0) is 0 Å². The van der Waals surface area contributed by atoms with Crippen LogP contribution in [0.1, 0.15) is 32.6 Å². The molecule has 1 aliphatic heterocycles. The molecule has 0 atom stereocenters. The molecule has 4 N–H and O–H groups in total. The molecule has 0 saturated carbocycles. The first-order chi connectivity index (χ1) is 14.0. The van der Waals surface area contributed by atoms with Crippen molar-refractivity contribution in [3.63, 3.8) is 0 Å². The number of hydrogen-bond acceptors (Lipinski definition) is 9. The SMILES string of the molecule is CCCNc1c(NC)c(=O)c1=O.CNc1c(NCCN2CCCCC2)c(=O)c1=O. The van der Waals surface area contributed by atoms with E-state index in [4.69, 9.17) is 0 Å². The molecule has 1 heterocycles. The van der Waals surface area contributed by atoms with Crippen molar-refractivity contribution in [2.75, 3.05) is 68.1 Å². The smallest absolute Gasteiger partial charge is 0.253 e. The van der Waals surface area contributed by atoms with Gasteiger partial charge in [-0.3, -0.25) is 19.2 Å². The molecule has 2 aromatic carbocycles. The largest absolute Gasteiger partial charge is 0.383 e. The third-order valence-corrected chi connectivity index (χ3v) is 5.05. The molecule has 9 heteroatoms. The average Bonchev–Trinajstić information content (AvgIpc) is 2.76. The van der Waals surface area contributed by atoms with Crippen LogP contribution in [0.3, 0.4) is 0 Å². The lowest BCUT2D eigenvalue weighted by molar-refractivity contribution is 0.237. The van der Waals surface area contributed by atoms with E-state index in [1.54, 1.807) is 14.1 Å². The van der Waals surface area contributed by atoms with Gasteiger partial charge in [0.2, 0.25) is 0 Å². The lowest BCUT2D eigenvalue weighted by Crippen LogP contribution is -2.39. The van der Waals surface area contributed by atoms with Crippen molar-refractivity contribution in [2.45, 2.75) is 32.6 Å². The number of anilines is 4. The number of nitrogens with one attached hydrogen (secondary N) is 4. The maximum atomic E-state index is 11.3. The first kappa shape index (κ1) is 22.6. The highest BCUT2D eigenvalue weighted by molar-refractivity contribution is 5.74. The Labute approximate surface area is 169 Å². The van der Waals surface area contributed by atoms with Crippen LogP contribution in [0.4, 0.5) is 22.7 Å². The van der Waals surface area contributed by atoms with Gasteiger partial charge in [-0.25, -0.2) is 0 Å². The Kier molecular flexibility index (Phi) is 8.38. The fraction of sp³-hybridized carbons (Fsp3) is 0.600. The Morgan fingerprint density at radius 2 is 1.14 bits per heavy atom. The quantitative estimate of drug-likeness (QED) is 0.439. The highest BCUT2D eigenvalue weighted by Gasteiger charge is 2.19. The van der Waals surface area contributed by atoms with Gasteiger partial charge in [-0.2, -0.15) is 0 Å². The van der Waals surface area contributed by atoms with E-state index in [1.807, 2.05) is 6.92 Å². The lowest BCUT2D eigenvalue weighted by Gasteiger charge is -2.26. The van der Waals surface area contributed by atoms with Crippen LogP contribution < -0.4 is 43.0 Å². The Hall–Kier alpha value is -2.68. The zero-order chi connectivity index (χ0) is 21.4. The highest BCUT2D eigenvalue weighted by atomic mass is 16.2. The summed E-state index contributed by atoms with van der Waals surface area (Å²) in [5.74, 6) is 0. The molecule has 0 aliphatic carbocycles. The molecule has 0 aromatic heterocycles. The van der Waals surface area contributed by atoms with Crippen molar-refractivity contribution in [1.82, 2.24) is 4.90 Å². The van der Waals surface area contributed by atoms with E-state index in [2.05, 4.69) is 26.2 Å². The summed E-state index contributed by atoms with van der Waals surface area (Å²) < 4.78 is 0. The van der Waals surface area contributed by atoms with Crippen molar-refractivity contribution < 1.29 is 0 Å². The van der Waals surface area contributed by atoms with Gasteiger partial charge >= 0.3 is 0 Å². The van der Waals surface area contributed by atoms with Crippen molar-refractivity contribution >= 4 is 22.7 Å². The zero-order valence-electron chi connectivity index (χ0n) is 17.4. The van der Waals surface area contributed by atoms with Crippen LogP contribution in [0.15, 0.2) is 19.2 Å². The maximum Gasteiger partial charge on any atom is 0.253 e. The highest BCUT2D eigenvalue weighted by Crippen LogP contribution is 2.13. The summed E-state index contributed by atoms with van der Waals surface area (Å²) in [5.41, 5.74) is 0.0887. The van der Waals surface area contributed by atoms with E-state index in [0.29, 0.717) is 22.7 Å². The van der Waals surface area contributed by atoms with E-state index in [9.17, 15) is 19.2 Å². The van der Waals surface area contributed by atoms with Gasteiger partial charge < -0.3 is 26.2 Å². The monoisotopic (exact) mass is 405 g/mol. The number of hydrogen-bond donors (Lipinski definition) is 4. The lowest BCUT2D eigenvalue weighted by atomic mass is 10.1. The number of piperidine rings is 1. The summed E-state index contributed by atoms with van der Waals surface area (Å²) in [6, 6.07) is 0. The fourth-order valence-electron chi connectivity index (χ4n) is 3.37. The van der Waals surface area contributed by atoms with Crippen LogP contribution in [0.25, 0.3) is 0 Å². The molecule has 1 fully saturated rings. The predicted octanol–water partition coefficient (Wildman–Crippen LogP) is 0.368. The van der Waals surface area contributed by atoms with E-state index in [0.717, 1.165) is 39.1 Å². The molecule has 0 amide bonds. The molecular weight excluding hydrogens is 374 g/mol. The summed E-state index contributed by atoms with van der Waals surface area (Å²) in [7, 11) is 3.29. The normalized spacial score (nSPS) is 14.3. The standard InChI is InChI=1S/C12H19N3O2.C8H12N2O2/c1-13-9-10(12(17)11(9)16)14-5-8-15-6-3-2-4-7-15;1-3-4-10-6-5(9-2)7(11)8(6)12/h13-14H,2-8H2,1H3;9-10H,3-4H2,1-2H3. The Morgan fingerprint density at radius 3 is 1.59 bits per heavy atom. The molecule has 9 nitrogen and oxygen atoms in total. The molecule has 0 bridgehead atoms. The minimum Gasteiger partial charge on any atom is -0.383 e. The van der Waals surface area contributed by atoms with Crippen LogP contribution in [0.5, 0.6) is 0 Å². The molecule has 3 rings (SSSR count). The van der Waals surface area contributed by atoms with Crippen LogP contribution in [0.2, 0.25) is 0 Å². The summed E-state index contributed by atoms with van der Waals surface area (Å²) in [5, 5.41) is 11.4. The second kappa shape index (κ2) is 10.8. The van der Waals surface area contributed by atoms with Crippen LogP contribution in [0, 0.1) is 0 Å². The molecular formula is C20H31N5O4. The van der Waals surface area contributed by atoms with Crippen molar-refractivity contribution in [3.05, 3.63) is 40.9 Å². The van der Waals surface area contributed by atoms with Crippen LogP contribution >= 0.6 is 0 Å². The number of rotatable bonds is 9. The fourth-order valence-corrected chi connectivity index (χ4v) is 3.37. The minimum atomic E-state index is -0.420. The van der Waals surface area contributed by atoms with Gasteiger partial charge in [0.15, 0.2) is 0 Å². The Morgan fingerprint density at radius 1 is 0.690 bits per heavy atom. The number of likely N-dealkylation sites (tertiary alicyclic amines) is 1. The number of nitrogens with zero attached hydrogens (tertiary/aromatic N) is 1. The second-order valence-electron chi connectivity index (χ2n) is 7.07. The van der Waals surface area contributed by atoms with Gasteiger partial charge in [0.25, 0.3) is 21.7 Å². The predicted molar refractivity (Wildman–Crippen MR) is 119 cm³/mol. The third-order valence-electron chi connectivity index (χ3n) is 5.05. The first-order valence-corrected chi connectivity index (χ1v) is 10.2. The Bertz CT molecular complexity index is 932. The molecule has 1 saturated heterocycles. The molecule has 0 unspecified atom stereocenters. The summed E-state index contributed by atoms with van der Waals surface area (Å²) in [6.07, 6.45) is 4.79. The molecule has 0 spiro atoms. The van der Waals surface area contributed by atoms with Gasteiger partial charge in [-0.1, -0.05) is 13.3 Å². The van der Waals surface area contributed by atoms with Gasteiger partial charge in [0.1, 0.15) is 22.7 Å². The van der Waals surface area contributed by atoms with Gasteiger partial charge in [-0.15, -0.1) is 0 Å². The Balaban J connectivity index is 0.000000221. The van der Waals surface area contributed by atoms with E-state index in [-0.39, 0.29) is 0 Å². The average molecular weight is 405 g/mol. The van der Waals surface area contributed by atoms with Gasteiger partial charge in [-0.05, 0) is 32.4 Å². The molecule has 2 aromatic rings. The second-order valence-corrected chi connectivity index (χ2v) is 7.07. The van der Waals surface area contributed by atoms with Crippen molar-refractivity contribution in [1.29, 1.82) is 0 Å². The van der Waals surface area contributed by atoms with Crippen LogP contribution in [-0.4, -0.2) is 51.7 Å². The van der Waals surface area contributed by atoms with E-state index < -0.39 is 21.7 Å². The third kappa shape index (κ3) is 5.23. The zero-order valence-corrected chi connectivity index (χ0v) is 17.4. The minimum absolute atomic E-state index is 0.395. The molecule has 1 aliphatic rings. The topological polar surface area (TPSA) is 120 Å². The summed E-state index contributed by atoms with van der Waals surface area (Å²) in [6.45, 7) is 6.66. The van der Waals surface area contributed by atoms with Crippen molar-refractivity contribution in [2.24, 2.45) is 0 Å². The summed E-state index contributed by atoms with van der Waals surface area (Å²) >= 11 is 0. The maximum absolute atomic E-state index is 11.3. The molecule has 29 heavy (non-hydrogen) atoms. The molecule has 0 radical (unpaired) electrons. The van der Waals surface area contributed by atoms with E-state index in [1.165, 1.54) is 19.3 Å². The van der Waals surface area contributed by atoms with Gasteiger partial charge in [0.05, 0.1) is 0 Å². The first-order valence-electron chi connectivity index (χ1n) is 10.2.